The zero-order valence-electron chi connectivity index (χ0n) is 11.4. The maximum Gasteiger partial charge on any atom is 0.258 e. The number of nitrogens with two attached hydrogens (primary N) is 1. The average Bonchev–Trinajstić information content (AvgIpc) is 2.76. The molecule has 0 atom stereocenters. The molecule has 1 aromatic carbocycles. The Balaban J connectivity index is 2.11. The molecule has 1 heterocycles. The van der Waals surface area contributed by atoms with Gasteiger partial charge in [0.05, 0.1) is 26.2 Å². The van der Waals surface area contributed by atoms with Gasteiger partial charge in [-0.25, -0.2) is 9.37 Å². The molecule has 2 rings (SSSR count). The number of hydrogen-bond donors (Lipinski definition) is 2. The summed E-state index contributed by atoms with van der Waals surface area (Å²) in [6, 6.07) is 3.52. The van der Waals surface area contributed by atoms with Crippen LogP contribution in [-0.4, -0.2) is 22.6 Å². The van der Waals surface area contributed by atoms with Gasteiger partial charge in [-0.3, -0.25) is 14.9 Å². The first-order chi connectivity index (χ1) is 10.4. The summed E-state index contributed by atoms with van der Waals surface area (Å²) in [6.07, 6.45) is 0. The summed E-state index contributed by atoms with van der Waals surface area (Å²) >= 11 is 8.33. The van der Waals surface area contributed by atoms with Crippen molar-refractivity contribution >= 4 is 51.6 Å². The number of aryl methyl sites for hydroxylation is 1. The van der Waals surface area contributed by atoms with E-state index in [1.165, 1.54) is 29.2 Å². The van der Waals surface area contributed by atoms with E-state index in [9.17, 15) is 14.0 Å². The van der Waals surface area contributed by atoms with Gasteiger partial charge in [-0.05, 0) is 25.1 Å². The van der Waals surface area contributed by atoms with Crippen molar-refractivity contribution in [3.05, 3.63) is 40.3 Å². The van der Waals surface area contributed by atoms with E-state index in [2.05, 4.69) is 10.3 Å². The van der Waals surface area contributed by atoms with Crippen LogP contribution in [0.25, 0.3) is 0 Å². The lowest BCUT2D eigenvalue weighted by atomic mass is 10.2. The molecule has 0 saturated carbocycles. The third kappa shape index (κ3) is 4.19. The number of anilines is 1. The SMILES string of the molecule is Cc1nc(NC(=O)c2ccc(F)cc2Cl)sc1SCC(N)=O. The molecule has 3 N–H and O–H groups in total. The Bertz CT molecular complexity index is 736. The van der Waals surface area contributed by atoms with Crippen molar-refractivity contribution in [3.63, 3.8) is 0 Å². The number of thioether (sulfide) groups is 1. The Kier molecular flexibility index (Phi) is 5.38. The molecular weight excluding hydrogens is 349 g/mol. The lowest BCUT2D eigenvalue weighted by molar-refractivity contribution is -0.115. The second-order valence-corrected chi connectivity index (χ2v) is 6.88. The second-order valence-electron chi connectivity index (χ2n) is 4.23. The van der Waals surface area contributed by atoms with E-state index in [-0.39, 0.29) is 16.3 Å². The van der Waals surface area contributed by atoms with Crippen LogP contribution < -0.4 is 11.1 Å². The van der Waals surface area contributed by atoms with Gasteiger partial charge < -0.3 is 5.73 Å². The zero-order chi connectivity index (χ0) is 16.3. The number of carbonyl (C=O) groups is 2. The maximum absolute atomic E-state index is 13.0. The number of amides is 2. The van der Waals surface area contributed by atoms with Crippen LogP contribution in [0.1, 0.15) is 16.1 Å². The summed E-state index contributed by atoms with van der Waals surface area (Å²) in [4.78, 5) is 27.1. The fourth-order valence-electron chi connectivity index (χ4n) is 1.54. The highest BCUT2D eigenvalue weighted by atomic mass is 35.5. The molecular formula is C13H11ClFN3O2S2. The summed E-state index contributed by atoms with van der Waals surface area (Å²) in [6.45, 7) is 1.76. The van der Waals surface area contributed by atoms with Crippen LogP contribution >= 0.6 is 34.7 Å². The van der Waals surface area contributed by atoms with Crippen LogP contribution in [0.15, 0.2) is 22.4 Å². The molecule has 0 aliphatic carbocycles. The standard InChI is InChI=1S/C13H11ClFN3O2S2/c1-6-12(21-5-10(16)19)22-13(17-6)18-11(20)8-3-2-7(15)4-9(8)14/h2-4H,5H2,1H3,(H2,16,19)(H,17,18,20). The van der Waals surface area contributed by atoms with Crippen molar-refractivity contribution in [3.8, 4) is 0 Å². The third-order valence-electron chi connectivity index (χ3n) is 2.50. The number of halogens is 2. The predicted molar refractivity (Wildman–Crippen MR) is 86.1 cm³/mol. The summed E-state index contributed by atoms with van der Waals surface area (Å²) < 4.78 is 13.8. The van der Waals surface area contributed by atoms with Crippen molar-refractivity contribution in [2.24, 2.45) is 5.73 Å². The number of rotatable bonds is 5. The molecule has 0 radical (unpaired) electrons. The first-order valence-electron chi connectivity index (χ1n) is 6.01. The van der Waals surface area contributed by atoms with Gasteiger partial charge in [0.2, 0.25) is 5.91 Å². The molecule has 5 nitrogen and oxygen atoms in total. The van der Waals surface area contributed by atoms with Gasteiger partial charge in [0, 0.05) is 0 Å². The summed E-state index contributed by atoms with van der Waals surface area (Å²) in [7, 11) is 0. The van der Waals surface area contributed by atoms with Crippen LogP contribution in [0.3, 0.4) is 0 Å². The molecule has 2 aromatic rings. The molecule has 116 valence electrons. The van der Waals surface area contributed by atoms with Crippen molar-refractivity contribution < 1.29 is 14.0 Å². The average molecular weight is 360 g/mol. The molecule has 0 aliphatic heterocycles. The Morgan fingerprint density at radius 1 is 1.50 bits per heavy atom. The minimum absolute atomic E-state index is 0.0223. The smallest absolute Gasteiger partial charge is 0.258 e. The number of aromatic nitrogens is 1. The molecule has 0 aliphatic rings. The molecule has 0 saturated heterocycles. The highest BCUT2D eigenvalue weighted by molar-refractivity contribution is 8.01. The van der Waals surface area contributed by atoms with E-state index >= 15 is 0 Å². The van der Waals surface area contributed by atoms with E-state index in [4.69, 9.17) is 17.3 Å². The van der Waals surface area contributed by atoms with Crippen molar-refractivity contribution in [1.82, 2.24) is 4.98 Å². The molecule has 0 spiro atoms. The Morgan fingerprint density at radius 3 is 2.86 bits per heavy atom. The van der Waals surface area contributed by atoms with Gasteiger partial charge >= 0.3 is 0 Å². The molecule has 2 amide bonds. The molecule has 1 aromatic heterocycles. The molecule has 0 bridgehead atoms. The normalized spacial score (nSPS) is 10.5. The number of nitrogens with one attached hydrogen (secondary N) is 1. The third-order valence-corrected chi connectivity index (χ3v) is 5.27. The molecule has 22 heavy (non-hydrogen) atoms. The van der Waals surface area contributed by atoms with Crippen molar-refractivity contribution in [1.29, 1.82) is 0 Å². The quantitative estimate of drug-likeness (QED) is 0.803. The number of primary amides is 1. The summed E-state index contributed by atoms with van der Waals surface area (Å²) in [5.41, 5.74) is 5.94. The van der Waals surface area contributed by atoms with Crippen LogP contribution in [0.4, 0.5) is 9.52 Å². The van der Waals surface area contributed by atoms with Gasteiger partial charge in [0.15, 0.2) is 5.13 Å². The van der Waals surface area contributed by atoms with Crippen LogP contribution in [0, 0.1) is 12.7 Å². The number of benzene rings is 1. The number of nitrogens with zero attached hydrogens (tertiary/aromatic N) is 1. The maximum atomic E-state index is 13.0. The first-order valence-corrected chi connectivity index (χ1v) is 8.19. The van der Waals surface area contributed by atoms with E-state index in [0.717, 1.165) is 16.3 Å². The van der Waals surface area contributed by atoms with Crippen molar-refractivity contribution in [2.75, 3.05) is 11.1 Å². The number of carbonyl (C=O) groups excluding carboxylic acids is 2. The Labute approximate surface area is 139 Å². The first kappa shape index (κ1) is 16.7. The van der Waals surface area contributed by atoms with Gasteiger partial charge in [-0.15, -0.1) is 11.8 Å². The molecule has 0 fully saturated rings. The van der Waals surface area contributed by atoms with E-state index < -0.39 is 17.6 Å². The summed E-state index contributed by atoms with van der Waals surface area (Å²) in [5, 5.41) is 2.99. The summed E-state index contributed by atoms with van der Waals surface area (Å²) in [5.74, 6) is -1.29. The van der Waals surface area contributed by atoms with Crippen molar-refractivity contribution in [2.45, 2.75) is 11.1 Å². The lowest BCUT2D eigenvalue weighted by Crippen LogP contribution is -2.12. The highest BCUT2D eigenvalue weighted by Gasteiger charge is 2.15. The zero-order valence-corrected chi connectivity index (χ0v) is 13.7. The number of hydrogen-bond acceptors (Lipinski definition) is 5. The highest BCUT2D eigenvalue weighted by Crippen LogP contribution is 2.32. The predicted octanol–water partition coefficient (Wildman–Crippen LogP) is 3.07. The molecule has 0 unspecified atom stereocenters. The minimum atomic E-state index is -0.517. The van der Waals surface area contributed by atoms with Crippen LogP contribution in [0.2, 0.25) is 5.02 Å². The Hall–Kier alpha value is -1.64. The fraction of sp³-hybridized carbons (Fsp3) is 0.154. The van der Waals surface area contributed by atoms with Gasteiger partial charge in [0.25, 0.3) is 5.91 Å². The second kappa shape index (κ2) is 7.08. The van der Waals surface area contributed by atoms with Crippen LogP contribution in [-0.2, 0) is 4.79 Å². The monoisotopic (exact) mass is 359 g/mol. The van der Waals surface area contributed by atoms with E-state index in [0.29, 0.717) is 10.8 Å². The topological polar surface area (TPSA) is 85.1 Å². The molecule has 9 heteroatoms. The van der Waals surface area contributed by atoms with Gasteiger partial charge in [-0.2, -0.15) is 0 Å². The van der Waals surface area contributed by atoms with Gasteiger partial charge in [0.1, 0.15) is 5.82 Å². The fourth-order valence-corrected chi connectivity index (χ4v) is 3.67. The Morgan fingerprint density at radius 2 is 2.23 bits per heavy atom. The van der Waals surface area contributed by atoms with E-state index in [1.807, 2.05) is 0 Å². The lowest BCUT2D eigenvalue weighted by Gasteiger charge is -2.03. The largest absolute Gasteiger partial charge is 0.369 e. The van der Waals surface area contributed by atoms with Gasteiger partial charge in [-0.1, -0.05) is 22.9 Å². The minimum Gasteiger partial charge on any atom is -0.369 e. The van der Waals surface area contributed by atoms with Crippen LogP contribution in [0.5, 0.6) is 0 Å². The number of thiazole rings is 1. The van der Waals surface area contributed by atoms with E-state index in [1.54, 1.807) is 6.92 Å².